The Bertz CT molecular complexity index is 1060. The number of nitrogens with one attached hydrogen (secondary N) is 1. The van der Waals surface area contributed by atoms with E-state index in [1.54, 1.807) is 6.20 Å². The zero-order chi connectivity index (χ0) is 15.2. The molecule has 3 aromatic heterocycles. The van der Waals surface area contributed by atoms with E-state index >= 15 is 0 Å². The third-order valence-electron chi connectivity index (χ3n) is 3.68. The summed E-state index contributed by atoms with van der Waals surface area (Å²) in [5, 5.41) is 0. The van der Waals surface area contributed by atoms with Crippen molar-refractivity contribution >= 4 is 26.5 Å². The van der Waals surface area contributed by atoms with Gasteiger partial charge in [-0.05, 0) is 17.7 Å². The van der Waals surface area contributed by atoms with Crippen LogP contribution in [-0.4, -0.2) is 22.8 Å². The molecule has 0 fully saturated rings. The van der Waals surface area contributed by atoms with E-state index in [0.29, 0.717) is 11.2 Å². The number of fused-ring (bicyclic) bond motifs is 3. The molecule has 110 valence electrons. The molecule has 0 aliphatic heterocycles. The number of nitrogens with zero attached hydrogens (tertiary/aromatic N) is 2. The first-order chi connectivity index (χ1) is 10.6. The van der Waals surface area contributed by atoms with Crippen molar-refractivity contribution in [3.63, 3.8) is 0 Å². The lowest BCUT2D eigenvalue weighted by atomic mass is 10.2. The third-order valence-corrected chi connectivity index (χ3v) is 5.37. The molecule has 0 unspecified atom stereocenters. The molecule has 4 rings (SSSR count). The second kappa shape index (κ2) is 4.71. The summed E-state index contributed by atoms with van der Waals surface area (Å²) in [5.41, 5.74) is 2.79. The molecule has 5 nitrogen and oxygen atoms in total. The van der Waals surface area contributed by atoms with E-state index in [9.17, 15) is 8.42 Å². The van der Waals surface area contributed by atoms with Crippen LogP contribution in [0.4, 0.5) is 0 Å². The number of rotatable bonds is 3. The van der Waals surface area contributed by atoms with Crippen molar-refractivity contribution in [1.82, 2.24) is 14.4 Å². The van der Waals surface area contributed by atoms with Crippen LogP contribution >= 0.6 is 0 Å². The normalized spacial score (nSPS) is 12.2. The summed E-state index contributed by atoms with van der Waals surface area (Å²) in [6, 6.07) is 12.9. The van der Waals surface area contributed by atoms with Crippen LogP contribution in [0.2, 0.25) is 0 Å². The average Bonchev–Trinajstić information content (AvgIpc) is 3.13. The molecular formula is C16H13N3O2S. The second-order valence-corrected chi connectivity index (χ2v) is 7.11. The van der Waals surface area contributed by atoms with Crippen LogP contribution < -0.4 is 0 Å². The molecule has 0 bridgehead atoms. The Labute approximate surface area is 127 Å². The van der Waals surface area contributed by atoms with Crippen LogP contribution in [-0.2, 0) is 15.6 Å². The van der Waals surface area contributed by atoms with Gasteiger partial charge in [-0.25, -0.2) is 13.4 Å². The van der Waals surface area contributed by atoms with E-state index < -0.39 is 9.84 Å². The largest absolute Gasteiger partial charge is 0.343 e. The highest BCUT2D eigenvalue weighted by molar-refractivity contribution is 7.90. The van der Waals surface area contributed by atoms with Gasteiger partial charge in [0.05, 0.1) is 17.5 Å². The molecule has 1 N–H and O–H groups in total. The van der Waals surface area contributed by atoms with Crippen molar-refractivity contribution < 1.29 is 8.42 Å². The van der Waals surface area contributed by atoms with Crippen LogP contribution in [0.5, 0.6) is 0 Å². The number of hydrogen-bond donors (Lipinski definition) is 1. The van der Waals surface area contributed by atoms with Crippen molar-refractivity contribution in [3.05, 3.63) is 66.6 Å². The number of benzene rings is 1. The van der Waals surface area contributed by atoms with Crippen molar-refractivity contribution in [1.29, 1.82) is 0 Å². The summed E-state index contributed by atoms with van der Waals surface area (Å²) in [6.07, 6.45) is 5.08. The smallest absolute Gasteiger partial charge is 0.186 e. The maximum absolute atomic E-state index is 12.8. The Morgan fingerprint density at radius 1 is 1.09 bits per heavy atom. The predicted molar refractivity (Wildman–Crippen MR) is 84.4 cm³/mol. The monoisotopic (exact) mass is 311 g/mol. The summed E-state index contributed by atoms with van der Waals surface area (Å²) in [7, 11) is -3.46. The van der Waals surface area contributed by atoms with Gasteiger partial charge < -0.3 is 9.38 Å². The molecule has 0 saturated carbocycles. The Kier molecular flexibility index (Phi) is 2.80. The van der Waals surface area contributed by atoms with Crippen molar-refractivity contribution in [2.75, 3.05) is 0 Å². The Hall–Kier alpha value is -2.60. The minimum Gasteiger partial charge on any atom is -0.343 e. The number of aromatic amines is 1. The van der Waals surface area contributed by atoms with E-state index in [2.05, 4.69) is 9.97 Å². The fraction of sp³-hybridized carbons (Fsp3) is 0.0625. The minimum atomic E-state index is -3.46. The molecule has 0 aliphatic rings. The molecule has 0 radical (unpaired) electrons. The van der Waals surface area contributed by atoms with Gasteiger partial charge in [0, 0.05) is 12.4 Å². The molecule has 22 heavy (non-hydrogen) atoms. The van der Waals surface area contributed by atoms with Crippen molar-refractivity contribution in [3.8, 4) is 0 Å². The van der Waals surface area contributed by atoms with Gasteiger partial charge in [0.15, 0.2) is 15.5 Å². The van der Waals surface area contributed by atoms with Gasteiger partial charge in [-0.2, -0.15) is 0 Å². The Morgan fingerprint density at radius 3 is 2.73 bits per heavy atom. The highest BCUT2D eigenvalue weighted by Crippen LogP contribution is 2.25. The lowest BCUT2D eigenvalue weighted by Gasteiger charge is -2.05. The molecule has 0 atom stereocenters. The molecule has 4 aromatic rings. The molecule has 0 amide bonds. The minimum absolute atomic E-state index is 0.0293. The fourth-order valence-corrected chi connectivity index (χ4v) is 4.18. The van der Waals surface area contributed by atoms with Gasteiger partial charge in [0.2, 0.25) is 0 Å². The van der Waals surface area contributed by atoms with Gasteiger partial charge in [0.1, 0.15) is 10.4 Å². The third kappa shape index (κ3) is 2.00. The summed E-state index contributed by atoms with van der Waals surface area (Å²) in [5.74, 6) is -0.0293. The number of aromatic nitrogens is 3. The lowest BCUT2D eigenvalue weighted by Crippen LogP contribution is -2.05. The molecule has 6 heteroatoms. The maximum atomic E-state index is 12.8. The van der Waals surface area contributed by atoms with Gasteiger partial charge in [-0.15, -0.1) is 0 Å². The molecule has 0 saturated heterocycles. The summed E-state index contributed by atoms with van der Waals surface area (Å²) in [4.78, 5) is 7.51. The summed E-state index contributed by atoms with van der Waals surface area (Å²) >= 11 is 0. The topological polar surface area (TPSA) is 67.2 Å². The van der Waals surface area contributed by atoms with Gasteiger partial charge >= 0.3 is 0 Å². The zero-order valence-corrected chi connectivity index (χ0v) is 12.4. The fourth-order valence-electron chi connectivity index (χ4n) is 2.66. The molecule has 1 aromatic carbocycles. The quantitative estimate of drug-likeness (QED) is 0.632. The first-order valence-corrected chi connectivity index (χ1v) is 8.50. The van der Waals surface area contributed by atoms with Crippen LogP contribution in [0, 0.1) is 0 Å². The first kappa shape index (κ1) is 13.1. The van der Waals surface area contributed by atoms with Crippen LogP contribution in [0.3, 0.4) is 0 Å². The zero-order valence-electron chi connectivity index (χ0n) is 11.6. The number of H-pyrrole nitrogens is 1. The van der Waals surface area contributed by atoms with E-state index in [-0.39, 0.29) is 10.6 Å². The number of sulfone groups is 1. The van der Waals surface area contributed by atoms with Gasteiger partial charge in [-0.1, -0.05) is 30.3 Å². The van der Waals surface area contributed by atoms with E-state index in [1.165, 1.54) is 6.20 Å². The molecular weight excluding hydrogens is 298 g/mol. The van der Waals surface area contributed by atoms with E-state index in [1.807, 2.05) is 53.1 Å². The van der Waals surface area contributed by atoms with E-state index in [4.69, 9.17) is 0 Å². The van der Waals surface area contributed by atoms with E-state index in [0.717, 1.165) is 11.1 Å². The average molecular weight is 311 g/mol. The maximum Gasteiger partial charge on any atom is 0.186 e. The number of hydrogen-bond acceptors (Lipinski definition) is 3. The lowest BCUT2D eigenvalue weighted by molar-refractivity contribution is 0.596. The highest BCUT2D eigenvalue weighted by atomic mass is 32.2. The first-order valence-electron chi connectivity index (χ1n) is 6.85. The molecule has 0 spiro atoms. The Balaban J connectivity index is 1.91. The van der Waals surface area contributed by atoms with Crippen molar-refractivity contribution in [2.45, 2.75) is 10.6 Å². The van der Waals surface area contributed by atoms with Crippen molar-refractivity contribution in [2.24, 2.45) is 0 Å². The van der Waals surface area contributed by atoms with Gasteiger partial charge in [-0.3, -0.25) is 0 Å². The second-order valence-electron chi connectivity index (χ2n) is 5.16. The Morgan fingerprint density at radius 2 is 1.91 bits per heavy atom. The highest BCUT2D eigenvalue weighted by Gasteiger charge is 2.22. The SMILES string of the molecule is O=S(=O)(Cc1ccccc1)c1c[nH]c2ncc3cccn3c12. The molecule has 3 heterocycles. The van der Waals surface area contributed by atoms with Crippen LogP contribution in [0.15, 0.2) is 66.0 Å². The standard InChI is InChI=1S/C16H13N3O2S/c20-22(21,11-12-5-2-1-3-6-12)14-10-18-16-15(14)19-8-4-7-13(19)9-17-16/h1-10,18H,11H2. The van der Waals surface area contributed by atoms with Gasteiger partial charge in [0.25, 0.3) is 0 Å². The van der Waals surface area contributed by atoms with Crippen LogP contribution in [0.1, 0.15) is 5.56 Å². The summed E-state index contributed by atoms with van der Waals surface area (Å²) in [6.45, 7) is 0. The van der Waals surface area contributed by atoms with Crippen LogP contribution in [0.25, 0.3) is 16.7 Å². The molecule has 0 aliphatic carbocycles. The predicted octanol–water partition coefficient (Wildman–Crippen LogP) is 2.79. The summed E-state index contributed by atoms with van der Waals surface area (Å²) < 4.78 is 27.4.